The lowest BCUT2D eigenvalue weighted by Gasteiger charge is -2.21. The molecular weight excluding hydrogens is 505 g/mol. The Morgan fingerprint density at radius 3 is 2.42 bits per heavy atom. The summed E-state index contributed by atoms with van der Waals surface area (Å²) >= 11 is 0. The molecule has 0 fully saturated rings. The van der Waals surface area contributed by atoms with Crippen molar-refractivity contribution >= 4 is 32.9 Å². The van der Waals surface area contributed by atoms with Gasteiger partial charge in [0.15, 0.2) is 0 Å². The van der Waals surface area contributed by atoms with Gasteiger partial charge in [0.1, 0.15) is 12.7 Å². The highest BCUT2D eigenvalue weighted by molar-refractivity contribution is 8.00. The number of hydrogen-bond acceptors (Lipinski definition) is 4. The van der Waals surface area contributed by atoms with Gasteiger partial charge in [0.2, 0.25) is 0 Å². The first-order valence-electron chi connectivity index (χ1n) is 12.3. The number of allylic oxidation sites excluding steroid dienone is 10. The Bertz CT molecular complexity index is 861. The van der Waals surface area contributed by atoms with E-state index in [1.807, 2.05) is 66.8 Å². The highest BCUT2D eigenvalue weighted by atomic mass is 32.0. The molecule has 7 heteroatoms. The normalized spacial score (nSPS) is 14.6. The van der Waals surface area contributed by atoms with E-state index in [0.29, 0.717) is 27.9 Å². The number of carbonyl (C=O) groups excluding carboxylic acids is 1. The number of benzene rings is 1. The Labute approximate surface area is 224 Å². The lowest BCUT2D eigenvalue weighted by molar-refractivity contribution is -0.144. The third-order valence-corrected chi connectivity index (χ3v) is 6.08. The summed E-state index contributed by atoms with van der Waals surface area (Å²) in [6.07, 6.45) is 29.3. The van der Waals surface area contributed by atoms with Crippen LogP contribution in [0.1, 0.15) is 51.0 Å². The zero-order chi connectivity index (χ0) is 26.1. The summed E-state index contributed by atoms with van der Waals surface area (Å²) in [5, 5.41) is 0. The van der Waals surface area contributed by atoms with E-state index in [-0.39, 0.29) is 18.2 Å². The molecule has 0 aliphatic carbocycles. The molecule has 4 nitrogen and oxygen atoms in total. The van der Waals surface area contributed by atoms with Crippen LogP contribution in [0.5, 0.6) is 0 Å². The van der Waals surface area contributed by atoms with Gasteiger partial charge in [-0.15, -0.1) is 0 Å². The predicted molar refractivity (Wildman–Crippen MR) is 162 cm³/mol. The van der Waals surface area contributed by atoms with Crippen LogP contribution in [0.3, 0.4) is 0 Å². The molecule has 0 saturated carbocycles. The van der Waals surface area contributed by atoms with Crippen LogP contribution < -0.4 is 0 Å². The van der Waals surface area contributed by atoms with Crippen molar-refractivity contribution in [3.63, 3.8) is 0 Å². The average Bonchev–Trinajstić information content (AvgIpc) is 2.90. The Morgan fingerprint density at radius 2 is 1.67 bits per heavy atom. The van der Waals surface area contributed by atoms with Crippen LogP contribution in [-0.2, 0) is 25.2 Å². The molecule has 36 heavy (non-hydrogen) atoms. The van der Waals surface area contributed by atoms with E-state index >= 15 is 0 Å². The van der Waals surface area contributed by atoms with Crippen molar-refractivity contribution in [2.24, 2.45) is 0 Å². The Morgan fingerprint density at radius 1 is 0.944 bits per heavy atom. The summed E-state index contributed by atoms with van der Waals surface area (Å²) in [4.78, 5) is 11.8. The third kappa shape index (κ3) is 17.7. The minimum absolute atomic E-state index is 0.0364. The van der Waals surface area contributed by atoms with Gasteiger partial charge >= 0.3 is 5.97 Å². The quantitative estimate of drug-likeness (QED) is 0.0757. The van der Waals surface area contributed by atoms with Crippen LogP contribution in [0, 0.1) is 0 Å². The monoisotopic (exact) mass is 546 g/mol. The van der Waals surface area contributed by atoms with Gasteiger partial charge in [-0.25, -0.2) is 0 Å². The van der Waals surface area contributed by atoms with Crippen molar-refractivity contribution in [2.75, 3.05) is 0 Å². The van der Waals surface area contributed by atoms with E-state index in [1.165, 1.54) is 0 Å². The third-order valence-electron chi connectivity index (χ3n) is 4.92. The molecule has 0 saturated heterocycles. The highest BCUT2D eigenvalue weighted by Crippen LogP contribution is 2.28. The molecule has 0 spiro atoms. The van der Waals surface area contributed by atoms with Crippen LogP contribution in [0.4, 0.5) is 0 Å². The molecule has 1 rings (SSSR count). The molecule has 1 aromatic carbocycles. The minimum atomic E-state index is -0.174. The molecule has 5 unspecified atom stereocenters. The van der Waals surface area contributed by atoms with Gasteiger partial charge in [0.25, 0.3) is 0 Å². The van der Waals surface area contributed by atoms with Crippen LogP contribution in [0.15, 0.2) is 103 Å². The fraction of sp³-hybridized carbons (Fsp3) is 0.345. The maximum atomic E-state index is 11.8. The molecule has 0 radical (unpaired) electrons. The molecule has 0 N–H and O–H groups in total. The Balaban J connectivity index is 2.27. The van der Waals surface area contributed by atoms with Gasteiger partial charge < -0.3 is 13.8 Å². The van der Waals surface area contributed by atoms with Gasteiger partial charge in [-0.05, 0) is 37.7 Å². The van der Waals surface area contributed by atoms with Gasteiger partial charge in [0, 0.05) is 24.4 Å². The van der Waals surface area contributed by atoms with E-state index in [4.69, 9.17) is 13.8 Å². The lowest BCUT2D eigenvalue weighted by Crippen LogP contribution is -2.24. The summed E-state index contributed by atoms with van der Waals surface area (Å²) in [6.45, 7) is 2.46. The fourth-order valence-corrected chi connectivity index (χ4v) is 4.22. The van der Waals surface area contributed by atoms with E-state index in [9.17, 15) is 4.79 Å². The molecule has 0 aromatic heterocycles. The molecular formula is C29H41O4P3. The van der Waals surface area contributed by atoms with E-state index in [1.54, 1.807) is 0 Å². The second-order valence-electron chi connectivity index (χ2n) is 7.79. The molecule has 0 aliphatic heterocycles. The van der Waals surface area contributed by atoms with Crippen molar-refractivity contribution in [3.8, 4) is 0 Å². The summed E-state index contributed by atoms with van der Waals surface area (Å²) in [6, 6.07) is 9.71. The van der Waals surface area contributed by atoms with Crippen molar-refractivity contribution < 1.29 is 18.6 Å². The van der Waals surface area contributed by atoms with Gasteiger partial charge in [-0.1, -0.05) is 119 Å². The van der Waals surface area contributed by atoms with E-state index in [2.05, 4.69) is 61.8 Å². The van der Waals surface area contributed by atoms with E-state index in [0.717, 1.165) is 31.2 Å². The van der Waals surface area contributed by atoms with Crippen molar-refractivity contribution in [1.29, 1.82) is 0 Å². The number of hydrogen-bond donors (Lipinski definition) is 0. The molecule has 1 aromatic rings. The maximum absolute atomic E-state index is 11.8. The maximum Gasteiger partial charge on any atom is 0.306 e. The van der Waals surface area contributed by atoms with Crippen LogP contribution in [0.2, 0.25) is 0 Å². The topological polar surface area (TPSA) is 44.8 Å². The summed E-state index contributed by atoms with van der Waals surface area (Å²) in [5.74, 6) is -0.174. The number of esters is 1. The molecule has 5 atom stereocenters. The lowest BCUT2D eigenvalue weighted by atomic mass is 10.1. The zero-order valence-corrected chi connectivity index (χ0v) is 24.5. The van der Waals surface area contributed by atoms with E-state index < -0.39 is 0 Å². The second-order valence-corrected chi connectivity index (χ2v) is 9.24. The van der Waals surface area contributed by atoms with Crippen molar-refractivity contribution in [2.45, 2.75) is 64.3 Å². The average molecular weight is 547 g/mol. The van der Waals surface area contributed by atoms with Crippen LogP contribution >= 0.6 is 26.9 Å². The minimum Gasteiger partial charge on any atom is -0.461 e. The molecule has 196 valence electrons. The largest absolute Gasteiger partial charge is 0.461 e. The number of rotatable bonds is 19. The zero-order valence-electron chi connectivity index (χ0n) is 21.2. The van der Waals surface area contributed by atoms with Crippen LogP contribution in [0.25, 0.3) is 0 Å². The number of carbonyl (C=O) groups is 1. The summed E-state index contributed by atoms with van der Waals surface area (Å²) < 4.78 is 16.7. The van der Waals surface area contributed by atoms with Gasteiger partial charge in [-0.2, -0.15) is 0 Å². The first-order valence-corrected chi connectivity index (χ1v) is 15.5. The molecule has 0 amide bonds. The first kappa shape index (κ1) is 32.4. The van der Waals surface area contributed by atoms with Crippen molar-refractivity contribution in [1.82, 2.24) is 0 Å². The second kappa shape index (κ2) is 23.7. The molecule has 0 bridgehead atoms. The molecule has 0 heterocycles. The predicted octanol–water partition coefficient (Wildman–Crippen LogP) is 8.37. The fourth-order valence-electron chi connectivity index (χ4n) is 3.02. The molecule has 0 aliphatic rings. The summed E-state index contributed by atoms with van der Waals surface area (Å²) in [5.41, 5.74) is 1.00. The van der Waals surface area contributed by atoms with Crippen molar-refractivity contribution in [3.05, 3.63) is 109 Å². The summed E-state index contributed by atoms with van der Waals surface area (Å²) in [7, 11) is 5.30. The smallest absolute Gasteiger partial charge is 0.306 e. The SMILES string of the molecule is CC/C=C\C/C=C\CC(OPP)C(/C=C/C=C/C=C\C/C=C\CCC(=O)OCc1ccccc1)OP. The van der Waals surface area contributed by atoms with Crippen LogP contribution in [-0.4, -0.2) is 18.2 Å². The Kier molecular flexibility index (Phi) is 21.3. The number of ether oxygens (including phenoxy) is 1. The first-order chi connectivity index (χ1) is 17.7. The van der Waals surface area contributed by atoms with Gasteiger partial charge in [0.05, 0.1) is 6.10 Å². The Hall–Kier alpha value is -1.66. The van der Waals surface area contributed by atoms with Gasteiger partial charge in [-0.3, -0.25) is 4.79 Å². The standard InChI is InChI=1S/C29H41O4P3/c1-2-3-4-5-11-18-23-28(33-36-35)27(32-34)22-17-12-9-7-6-8-10-13-19-24-29(30)31-25-26-20-15-14-16-21-26/h3-4,6-7,9-18,20-22,27-28,36H,2,5,8,19,23-25,34-35H2,1H3/b4-3-,7-6-,12-9+,13-10-,18-11-,22-17+. The highest BCUT2D eigenvalue weighted by Gasteiger charge is 2.17.